The van der Waals surface area contributed by atoms with Crippen molar-refractivity contribution in [3.8, 4) is 0 Å². The molecule has 2 N–H and O–H groups in total. The van der Waals surface area contributed by atoms with E-state index in [9.17, 15) is 23.2 Å². The van der Waals surface area contributed by atoms with Gasteiger partial charge in [-0.3, -0.25) is 25.2 Å². The van der Waals surface area contributed by atoms with Gasteiger partial charge in [-0.2, -0.15) is 0 Å². The molecule has 3 amide bonds. The molecule has 1 heterocycles. The van der Waals surface area contributed by atoms with Gasteiger partial charge in [0.05, 0.1) is 11.5 Å². The molecule has 0 radical (unpaired) electrons. The normalized spacial score (nSPS) is 16.5. The quantitative estimate of drug-likeness (QED) is 0.820. The van der Waals surface area contributed by atoms with E-state index in [1.165, 1.54) is 47.4 Å². The molecule has 1 saturated heterocycles. The van der Waals surface area contributed by atoms with Crippen LogP contribution in [0.25, 0.3) is 0 Å². The van der Waals surface area contributed by atoms with E-state index in [2.05, 4.69) is 10.9 Å². The Morgan fingerprint density at radius 1 is 1.00 bits per heavy atom. The molecular weight excluding hydrogens is 344 g/mol. The molecule has 1 aliphatic heterocycles. The summed E-state index contributed by atoms with van der Waals surface area (Å²) in [6.07, 6.45) is -0.0429. The van der Waals surface area contributed by atoms with E-state index in [4.69, 9.17) is 0 Å². The lowest BCUT2D eigenvalue weighted by Gasteiger charge is -2.16. The lowest BCUT2D eigenvalue weighted by molar-refractivity contribution is -0.126. The number of anilines is 1. The Morgan fingerprint density at radius 2 is 1.69 bits per heavy atom. The minimum absolute atomic E-state index is 0.0429. The van der Waals surface area contributed by atoms with E-state index < -0.39 is 29.4 Å². The lowest BCUT2D eigenvalue weighted by atomic mass is 10.1. The predicted octanol–water partition coefficient (Wildman–Crippen LogP) is 1.78. The number of amides is 3. The molecule has 0 saturated carbocycles. The van der Waals surface area contributed by atoms with Crippen LogP contribution in [0, 0.1) is 17.6 Å². The van der Waals surface area contributed by atoms with Gasteiger partial charge in [-0.05, 0) is 36.4 Å². The first-order chi connectivity index (χ1) is 12.5. The summed E-state index contributed by atoms with van der Waals surface area (Å²) < 4.78 is 26.5. The van der Waals surface area contributed by atoms with Gasteiger partial charge in [-0.25, -0.2) is 8.78 Å². The molecule has 2 aromatic rings. The molecule has 8 heteroatoms. The van der Waals surface area contributed by atoms with Crippen LogP contribution >= 0.6 is 0 Å². The summed E-state index contributed by atoms with van der Waals surface area (Å²) in [6.45, 7) is 0.103. The fraction of sp³-hybridized carbons (Fsp3) is 0.167. The average molecular weight is 359 g/mol. The molecule has 26 heavy (non-hydrogen) atoms. The van der Waals surface area contributed by atoms with Crippen molar-refractivity contribution in [1.29, 1.82) is 0 Å². The van der Waals surface area contributed by atoms with Gasteiger partial charge in [0.15, 0.2) is 0 Å². The standard InChI is InChI=1S/C18H15F2N3O3/c19-12-5-7-13(8-6-12)23-10-11(9-16(23)24)17(25)21-22-18(26)14-3-1-2-4-15(14)20/h1-8,11H,9-10H2,(H,21,25)(H,22,26)/t11-/m1/s1. The van der Waals surface area contributed by atoms with Gasteiger partial charge in [0.2, 0.25) is 11.8 Å². The lowest BCUT2D eigenvalue weighted by Crippen LogP contribution is -2.45. The van der Waals surface area contributed by atoms with E-state index in [0.717, 1.165) is 6.07 Å². The molecular formula is C18H15F2N3O3. The number of nitrogens with zero attached hydrogens (tertiary/aromatic N) is 1. The zero-order valence-electron chi connectivity index (χ0n) is 13.5. The van der Waals surface area contributed by atoms with Gasteiger partial charge in [-0.15, -0.1) is 0 Å². The van der Waals surface area contributed by atoms with E-state index in [-0.39, 0.29) is 24.4 Å². The van der Waals surface area contributed by atoms with Gasteiger partial charge in [0.1, 0.15) is 11.6 Å². The van der Waals surface area contributed by atoms with Gasteiger partial charge in [-0.1, -0.05) is 12.1 Å². The number of carbonyl (C=O) groups excluding carboxylic acids is 3. The van der Waals surface area contributed by atoms with Crippen LogP contribution in [0.5, 0.6) is 0 Å². The second kappa shape index (κ2) is 7.30. The third-order valence-corrected chi connectivity index (χ3v) is 4.05. The van der Waals surface area contributed by atoms with Crippen LogP contribution in [-0.2, 0) is 9.59 Å². The van der Waals surface area contributed by atoms with Crippen LogP contribution in [0.4, 0.5) is 14.5 Å². The zero-order valence-corrected chi connectivity index (χ0v) is 13.5. The number of benzene rings is 2. The molecule has 0 spiro atoms. The van der Waals surface area contributed by atoms with Crippen molar-refractivity contribution in [2.75, 3.05) is 11.4 Å². The fourth-order valence-electron chi connectivity index (χ4n) is 2.69. The van der Waals surface area contributed by atoms with Crippen molar-refractivity contribution in [3.63, 3.8) is 0 Å². The smallest absolute Gasteiger partial charge is 0.272 e. The van der Waals surface area contributed by atoms with Crippen LogP contribution in [0.15, 0.2) is 48.5 Å². The average Bonchev–Trinajstić information content (AvgIpc) is 3.02. The maximum Gasteiger partial charge on any atom is 0.272 e. The van der Waals surface area contributed by atoms with E-state index >= 15 is 0 Å². The molecule has 3 rings (SSSR count). The molecule has 1 atom stereocenters. The molecule has 0 aromatic heterocycles. The van der Waals surface area contributed by atoms with E-state index in [0.29, 0.717) is 5.69 Å². The number of hydrogen-bond donors (Lipinski definition) is 2. The van der Waals surface area contributed by atoms with Gasteiger partial charge in [0, 0.05) is 18.7 Å². The van der Waals surface area contributed by atoms with Crippen molar-refractivity contribution < 1.29 is 23.2 Å². The first-order valence-corrected chi connectivity index (χ1v) is 7.86. The van der Waals surface area contributed by atoms with Gasteiger partial charge >= 0.3 is 0 Å². The summed E-state index contributed by atoms with van der Waals surface area (Å²) >= 11 is 0. The Hall–Kier alpha value is -3.29. The molecule has 0 bridgehead atoms. The predicted molar refractivity (Wildman–Crippen MR) is 88.9 cm³/mol. The highest BCUT2D eigenvalue weighted by Crippen LogP contribution is 2.25. The molecule has 1 aliphatic rings. The molecule has 1 fully saturated rings. The number of halogens is 2. The van der Waals surface area contributed by atoms with Crippen molar-refractivity contribution in [3.05, 3.63) is 65.7 Å². The third-order valence-electron chi connectivity index (χ3n) is 4.05. The Morgan fingerprint density at radius 3 is 2.38 bits per heavy atom. The van der Waals surface area contributed by atoms with Crippen LogP contribution in [-0.4, -0.2) is 24.3 Å². The van der Waals surface area contributed by atoms with Crippen LogP contribution < -0.4 is 15.8 Å². The highest BCUT2D eigenvalue weighted by Gasteiger charge is 2.35. The summed E-state index contributed by atoms with van der Waals surface area (Å²) in [4.78, 5) is 37.5. The van der Waals surface area contributed by atoms with Crippen LogP contribution in [0.2, 0.25) is 0 Å². The Bertz CT molecular complexity index is 855. The van der Waals surface area contributed by atoms with Crippen molar-refractivity contribution in [1.82, 2.24) is 10.9 Å². The van der Waals surface area contributed by atoms with Crippen molar-refractivity contribution in [2.24, 2.45) is 5.92 Å². The molecule has 134 valence electrons. The molecule has 2 aromatic carbocycles. The maximum absolute atomic E-state index is 13.5. The Kier molecular flexibility index (Phi) is 4.92. The van der Waals surface area contributed by atoms with Gasteiger partial charge in [0.25, 0.3) is 5.91 Å². The third kappa shape index (κ3) is 3.69. The second-order valence-electron chi connectivity index (χ2n) is 5.81. The Balaban J connectivity index is 1.59. The number of carbonyl (C=O) groups is 3. The molecule has 6 nitrogen and oxygen atoms in total. The van der Waals surface area contributed by atoms with E-state index in [1.54, 1.807) is 0 Å². The zero-order chi connectivity index (χ0) is 18.7. The molecule has 0 aliphatic carbocycles. The fourth-order valence-corrected chi connectivity index (χ4v) is 2.69. The summed E-state index contributed by atoms with van der Waals surface area (Å²) in [6, 6.07) is 10.7. The van der Waals surface area contributed by atoms with Crippen LogP contribution in [0.3, 0.4) is 0 Å². The Labute approximate surface area is 147 Å². The van der Waals surface area contributed by atoms with Crippen molar-refractivity contribution in [2.45, 2.75) is 6.42 Å². The summed E-state index contributed by atoms with van der Waals surface area (Å²) in [5.41, 5.74) is 4.63. The first kappa shape index (κ1) is 17.5. The number of hydrazine groups is 1. The number of hydrogen-bond acceptors (Lipinski definition) is 3. The summed E-state index contributed by atoms with van der Waals surface area (Å²) in [5.74, 6) is -3.46. The number of nitrogens with one attached hydrogen (secondary N) is 2. The summed E-state index contributed by atoms with van der Waals surface area (Å²) in [5, 5.41) is 0. The van der Waals surface area contributed by atoms with Crippen molar-refractivity contribution >= 4 is 23.4 Å². The topological polar surface area (TPSA) is 78.5 Å². The minimum atomic E-state index is -0.795. The molecule has 0 unspecified atom stereocenters. The minimum Gasteiger partial charge on any atom is -0.312 e. The monoisotopic (exact) mass is 359 g/mol. The first-order valence-electron chi connectivity index (χ1n) is 7.86. The van der Waals surface area contributed by atoms with E-state index in [1.807, 2.05) is 0 Å². The largest absolute Gasteiger partial charge is 0.312 e. The summed E-state index contributed by atoms with van der Waals surface area (Å²) in [7, 11) is 0. The van der Waals surface area contributed by atoms with Gasteiger partial charge < -0.3 is 4.90 Å². The highest BCUT2D eigenvalue weighted by atomic mass is 19.1. The highest BCUT2D eigenvalue weighted by molar-refractivity contribution is 6.01. The van der Waals surface area contributed by atoms with Crippen LogP contribution in [0.1, 0.15) is 16.8 Å². The number of rotatable bonds is 3. The maximum atomic E-state index is 13.5. The SMILES string of the molecule is O=C(NNC(=O)[C@@H]1CC(=O)N(c2ccc(F)cc2)C1)c1ccccc1F. The second-order valence-corrected chi connectivity index (χ2v) is 5.81.